The summed E-state index contributed by atoms with van der Waals surface area (Å²) in [6.07, 6.45) is 12.7. The number of nitrogens with two attached hydrogens (primary N) is 2. The molecule has 0 saturated heterocycles. The van der Waals surface area contributed by atoms with Gasteiger partial charge in [-0.15, -0.1) is 0 Å². The molecule has 0 aromatic carbocycles. The highest BCUT2D eigenvalue weighted by molar-refractivity contribution is 5.91. The van der Waals surface area contributed by atoms with Gasteiger partial charge in [0.15, 0.2) is 0 Å². The van der Waals surface area contributed by atoms with Gasteiger partial charge in [-0.25, -0.2) is 0 Å². The van der Waals surface area contributed by atoms with E-state index < -0.39 is 0 Å². The van der Waals surface area contributed by atoms with Crippen molar-refractivity contribution in [1.82, 2.24) is 0 Å². The van der Waals surface area contributed by atoms with E-state index in [1.54, 1.807) is 13.8 Å². The fourth-order valence-corrected chi connectivity index (χ4v) is 1.83. The number of allylic oxidation sites excluding steroid dienone is 2. The number of unbranched alkanes of at least 4 members (excludes halogenated alkanes) is 7. The third-order valence-corrected chi connectivity index (χ3v) is 3.34. The van der Waals surface area contributed by atoms with Gasteiger partial charge in [0.1, 0.15) is 0 Å². The summed E-state index contributed by atoms with van der Waals surface area (Å²) < 4.78 is 0. The van der Waals surface area contributed by atoms with Crippen molar-refractivity contribution in [3.8, 4) is 0 Å². The van der Waals surface area contributed by atoms with Gasteiger partial charge in [-0.1, -0.05) is 37.8 Å². The maximum atomic E-state index is 10.8. The quantitative estimate of drug-likeness (QED) is 0.450. The predicted octanol–water partition coefficient (Wildman–Crippen LogP) is 2.97. The van der Waals surface area contributed by atoms with Crippen LogP contribution in [0, 0.1) is 0 Å². The number of amides is 2. The molecule has 0 saturated carbocycles. The lowest BCUT2D eigenvalue weighted by Gasteiger charge is -2.00. The lowest BCUT2D eigenvalue weighted by atomic mass is 10.1. The minimum atomic E-state index is -0.329. The Kier molecular flexibility index (Phi) is 10.4. The average Bonchev–Trinajstić information content (AvgIpc) is 2.39. The van der Waals surface area contributed by atoms with Crippen LogP contribution in [0.4, 0.5) is 0 Å². The van der Waals surface area contributed by atoms with Crippen molar-refractivity contribution in [2.45, 2.75) is 65.2 Å². The molecule has 0 aromatic heterocycles. The predicted molar refractivity (Wildman–Crippen MR) is 82.8 cm³/mol. The highest BCUT2D eigenvalue weighted by Crippen LogP contribution is 2.10. The van der Waals surface area contributed by atoms with E-state index in [1.165, 1.54) is 25.7 Å². The zero-order valence-corrected chi connectivity index (χ0v) is 12.8. The summed E-state index contributed by atoms with van der Waals surface area (Å²) in [4.78, 5) is 21.6. The van der Waals surface area contributed by atoms with Crippen LogP contribution in [0.2, 0.25) is 0 Å². The number of hydrogen-bond acceptors (Lipinski definition) is 2. The Balaban J connectivity index is 3.42. The van der Waals surface area contributed by atoms with Gasteiger partial charge in [-0.3, -0.25) is 9.59 Å². The van der Waals surface area contributed by atoms with Gasteiger partial charge in [0.25, 0.3) is 0 Å². The van der Waals surface area contributed by atoms with Crippen LogP contribution in [0.15, 0.2) is 23.3 Å². The molecule has 0 unspecified atom stereocenters. The zero-order valence-electron chi connectivity index (χ0n) is 12.8. The fourth-order valence-electron chi connectivity index (χ4n) is 1.83. The van der Waals surface area contributed by atoms with E-state index in [-0.39, 0.29) is 11.8 Å². The average molecular weight is 280 g/mol. The molecule has 20 heavy (non-hydrogen) atoms. The third-order valence-electron chi connectivity index (χ3n) is 3.34. The molecule has 4 N–H and O–H groups in total. The van der Waals surface area contributed by atoms with E-state index in [0.29, 0.717) is 11.1 Å². The third kappa shape index (κ3) is 10.4. The fraction of sp³-hybridized carbons (Fsp3) is 0.625. The van der Waals surface area contributed by atoms with E-state index in [2.05, 4.69) is 0 Å². The normalized spacial score (nSPS) is 12.5. The molecule has 4 nitrogen and oxygen atoms in total. The molecular formula is C16H28N2O2. The lowest BCUT2D eigenvalue weighted by Crippen LogP contribution is -2.11. The number of primary amides is 2. The number of hydrogen-bond donors (Lipinski definition) is 2. The molecule has 0 aliphatic heterocycles. The van der Waals surface area contributed by atoms with Crippen molar-refractivity contribution < 1.29 is 9.59 Å². The lowest BCUT2D eigenvalue weighted by molar-refractivity contribution is -0.115. The van der Waals surface area contributed by atoms with Gasteiger partial charge in [-0.2, -0.15) is 0 Å². The summed E-state index contributed by atoms with van der Waals surface area (Å²) in [7, 11) is 0. The van der Waals surface area contributed by atoms with Gasteiger partial charge in [0.05, 0.1) is 0 Å². The van der Waals surface area contributed by atoms with E-state index >= 15 is 0 Å². The van der Waals surface area contributed by atoms with Crippen LogP contribution in [-0.4, -0.2) is 11.8 Å². The first-order valence-electron chi connectivity index (χ1n) is 7.38. The maximum absolute atomic E-state index is 10.8. The largest absolute Gasteiger partial charge is 0.366 e. The Bertz CT molecular complexity index is 335. The van der Waals surface area contributed by atoms with Crippen LogP contribution in [0.3, 0.4) is 0 Å². The first-order chi connectivity index (χ1) is 9.45. The maximum Gasteiger partial charge on any atom is 0.244 e. The van der Waals surface area contributed by atoms with Crippen LogP contribution in [0.25, 0.3) is 0 Å². The molecule has 0 aliphatic rings. The summed E-state index contributed by atoms with van der Waals surface area (Å²) in [6, 6.07) is 0. The van der Waals surface area contributed by atoms with Crippen LogP contribution < -0.4 is 11.5 Å². The first-order valence-corrected chi connectivity index (χ1v) is 7.38. The van der Waals surface area contributed by atoms with Crippen LogP contribution >= 0.6 is 0 Å². The molecule has 0 spiro atoms. The SMILES string of the molecule is CC(=CCCCCCCCCC=C(C)C(N)=O)C(N)=O. The van der Waals surface area contributed by atoms with Gasteiger partial charge < -0.3 is 11.5 Å². The molecule has 4 heteroatoms. The highest BCUT2D eigenvalue weighted by Gasteiger charge is 1.97. The van der Waals surface area contributed by atoms with Crippen molar-refractivity contribution >= 4 is 11.8 Å². The van der Waals surface area contributed by atoms with Gasteiger partial charge in [0.2, 0.25) is 11.8 Å². The van der Waals surface area contributed by atoms with E-state index in [0.717, 1.165) is 25.7 Å². The van der Waals surface area contributed by atoms with Crippen molar-refractivity contribution in [3.63, 3.8) is 0 Å². The van der Waals surface area contributed by atoms with Crippen molar-refractivity contribution in [2.75, 3.05) is 0 Å². The molecule has 114 valence electrons. The number of rotatable bonds is 11. The topological polar surface area (TPSA) is 86.2 Å². The van der Waals surface area contributed by atoms with Gasteiger partial charge >= 0.3 is 0 Å². The van der Waals surface area contributed by atoms with Crippen molar-refractivity contribution in [3.05, 3.63) is 23.3 Å². The molecule has 2 amide bonds. The summed E-state index contributed by atoms with van der Waals surface area (Å²) in [6.45, 7) is 3.51. The molecule has 0 fully saturated rings. The standard InChI is InChI=1S/C16H28N2O2/c1-13(15(17)19)11-9-7-5-3-4-6-8-10-12-14(2)16(18)20/h11-12H,3-10H2,1-2H3,(H2,17,19)(H2,18,20). The summed E-state index contributed by atoms with van der Waals surface area (Å²) in [5.41, 5.74) is 11.6. The number of carbonyl (C=O) groups excluding carboxylic acids is 2. The Labute approximate surface area is 122 Å². The minimum Gasteiger partial charge on any atom is -0.366 e. The Morgan fingerprint density at radius 3 is 1.30 bits per heavy atom. The molecule has 0 aliphatic carbocycles. The van der Waals surface area contributed by atoms with Crippen LogP contribution in [0.5, 0.6) is 0 Å². The van der Waals surface area contributed by atoms with E-state index in [1.807, 2.05) is 12.2 Å². The molecule has 0 heterocycles. The Hall–Kier alpha value is -1.58. The Morgan fingerprint density at radius 1 is 0.700 bits per heavy atom. The monoisotopic (exact) mass is 280 g/mol. The molecule has 0 aromatic rings. The number of carbonyl (C=O) groups is 2. The van der Waals surface area contributed by atoms with E-state index in [4.69, 9.17) is 11.5 Å². The van der Waals surface area contributed by atoms with Crippen molar-refractivity contribution in [2.24, 2.45) is 11.5 Å². The van der Waals surface area contributed by atoms with Crippen LogP contribution in [-0.2, 0) is 9.59 Å². The smallest absolute Gasteiger partial charge is 0.244 e. The summed E-state index contributed by atoms with van der Waals surface area (Å²) in [5.74, 6) is -0.659. The summed E-state index contributed by atoms with van der Waals surface area (Å²) in [5, 5.41) is 0. The zero-order chi connectivity index (χ0) is 15.4. The second kappa shape index (κ2) is 11.3. The minimum absolute atomic E-state index is 0.329. The van der Waals surface area contributed by atoms with Gasteiger partial charge in [0, 0.05) is 11.1 Å². The molecular weight excluding hydrogens is 252 g/mol. The van der Waals surface area contributed by atoms with Crippen molar-refractivity contribution in [1.29, 1.82) is 0 Å². The van der Waals surface area contributed by atoms with E-state index in [9.17, 15) is 9.59 Å². The molecule has 0 bridgehead atoms. The molecule has 0 atom stereocenters. The molecule has 0 radical (unpaired) electrons. The van der Waals surface area contributed by atoms with Crippen LogP contribution in [0.1, 0.15) is 65.2 Å². The highest BCUT2D eigenvalue weighted by atomic mass is 16.1. The first kappa shape index (κ1) is 18.4. The summed E-state index contributed by atoms with van der Waals surface area (Å²) >= 11 is 0. The Morgan fingerprint density at radius 2 is 1.00 bits per heavy atom. The molecule has 0 rings (SSSR count). The second-order valence-corrected chi connectivity index (χ2v) is 5.20. The second-order valence-electron chi connectivity index (χ2n) is 5.20. The van der Waals surface area contributed by atoms with Gasteiger partial charge in [-0.05, 0) is 39.5 Å².